The lowest BCUT2D eigenvalue weighted by atomic mass is 9.94. The lowest BCUT2D eigenvalue weighted by Crippen LogP contribution is -2.37. The fourth-order valence-electron chi connectivity index (χ4n) is 5.00. The molecule has 0 saturated heterocycles. The summed E-state index contributed by atoms with van der Waals surface area (Å²) in [5.41, 5.74) is 6.32. The maximum absolute atomic E-state index is 13.4. The molecule has 4 rings (SSSR count). The van der Waals surface area contributed by atoms with Gasteiger partial charge in [0.25, 0.3) is 0 Å². The second-order valence-electron chi connectivity index (χ2n) is 9.67. The number of benzene rings is 3. The first-order chi connectivity index (χ1) is 16.0. The Balaban J connectivity index is 1.77. The number of hydrogen-bond donors (Lipinski definition) is 0. The molecule has 0 spiro atoms. The van der Waals surface area contributed by atoms with Gasteiger partial charge in [0.1, 0.15) is 0 Å². The van der Waals surface area contributed by atoms with Gasteiger partial charge in [-0.25, -0.2) is 0 Å². The van der Waals surface area contributed by atoms with Gasteiger partial charge in [-0.3, -0.25) is 9.69 Å². The number of rotatable bonds is 8. The van der Waals surface area contributed by atoms with Crippen LogP contribution in [0.25, 0.3) is 0 Å². The van der Waals surface area contributed by atoms with Crippen molar-refractivity contribution in [2.45, 2.75) is 52.7 Å². The van der Waals surface area contributed by atoms with Gasteiger partial charge in [0.2, 0.25) is 0 Å². The second kappa shape index (κ2) is 10.4. The molecule has 0 aliphatic heterocycles. The van der Waals surface area contributed by atoms with Gasteiger partial charge in [0.15, 0.2) is 0 Å². The van der Waals surface area contributed by atoms with Crippen molar-refractivity contribution in [3.05, 3.63) is 107 Å². The Hall–Kier alpha value is -2.91. The maximum Gasteiger partial charge on any atom is 0.311 e. The molecule has 3 heteroatoms. The van der Waals surface area contributed by atoms with Crippen LogP contribution in [0.15, 0.2) is 78.9 Å². The van der Waals surface area contributed by atoms with E-state index in [9.17, 15) is 4.79 Å². The Morgan fingerprint density at radius 2 is 1.61 bits per heavy atom. The minimum atomic E-state index is -0.213. The van der Waals surface area contributed by atoms with Gasteiger partial charge in [-0.05, 0) is 54.0 Å². The van der Waals surface area contributed by atoms with Crippen LogP contribution >= 0.6 is 0 Å². The minimum absolute atomic E-state index is 0.0324. The first-order valence-electron chi connectivity index (χ1n) is 12.0. The molecule has 3 aromatic carbocycles. The molecule has 0 heterocycles. The van der Waals surface area contributed by atoms with Gasteiger partial charge < -0.3 is 4.74 Å². The van der Waals surface area contributed by atoms with Crippen molar-refractivity contribution in [1.29, 1.82) is 0 Å². The lowest BCUT2D eigenvalue weighted by molar-refractivity contribution is -0.152. The van der Waals surface area contributed by atoms with Crippen LogP contribution in [-0.4, -0.2) is 17.5 Å². The van der Waals surface area contributed by atoms with Gasteiger partial charge in [0, 0.05) is 18.6 Å². The standard InChI is InChI=1S/C30H35NO2/c1-21(2)20-33-30(32)28-18-27-22(3)12-11-17-26(27)29(28)31(19-24-13-7-5-8-14-24)23(4)25-15-9-6-10-16-25/h5-17,21,23,28-29H,18-20H2,1-4H3/t23-,28-,29-/m1/s1. The molecule has 1 aliphatic carbocycles. The lowest BCUT2D eigenvalue weighted by Gasteiger charge is -2.38. The van der Waals surface area contributed by atoms with E-state index in [1.807, 2.05) is 0 Å². The van der Waals surface area contributed by atoms with Crippen LogP contribution in [0, 0.1) is 18.8 Å². The molecule has 3 atom stereocenters. The quantitative estimate of drug-likeness (QED) is 0.366. The number of carbonyl (C=O) groups excluding carboxylic acids is 1. The highest BCUT2D eigenvalue weighted by molar-refractivity contribution is 5.76. The maximum atomic E-state index is 13.4. The highest BCUT2D eigenvalue weighted by Gasteiger charge is 2.43. The molecule has 0 N–H and O–H groups in total. The molecule has 0 radical (unpaired) electrons. The van der Waals surface area contributed by atoms with Crippen molar-refractivity contribution in [2.24, 2.45) is 11.8 Å². The Kier molecular flexibility index (Phi) is 7.29. The third-order valence-corrected chi connectivity index (χ3v) is 6.78. The number of ether oxygens (including phenoxy) is 1. The summed E-state index contributed by atoms with van der Waals surface area (Å²) >= 11 is 0. The molecule has 3 nitrogen and oxygen atoms in total. The molecule has 0 fully saturated rings. The summed E-state index contributed by atoms with van der Waals surface area (Å²) in [7, 11) is 0. The van der Waals surface area contributed by atoms with Crippen LogP contribution in [0.2, 0.25) is 0 Å². The molecule has 0 aromatic heterocycles. The van der Waals surface area contributed by atoms with Crippen LogP contribution in [0.3, 0.4) is 0 Å². The largest absolute Gasteiger partial charge is 0.465 e. The summed E-state index contributed by atoms with van der Waals surface area (Å²) in [5.74, 6) is 0.0268. The molecule has 3 aromatic rings. The van der Waals surface area contributed by atoms with Crippen molar-refractivity contribution in [3.63, 3.8) is 0 Å². The summed E-state index contributed by atoms with van der Waals surface area (Å²) in [5, 5.41) is 0. The molecule has 0 unspecified atom stereocenters. The van der Waals surface area contributed by atoms with Gasteiger partial charge >= 0.3 is 5.97 Å². The molecule has 1 aliphatic rings. The first-order valence-corrected chi connectivity index (χ1v) is 12.0. The van der Waals surface area contributed by atoms with Gasteiger partial charge in [-0.1, -0.05) is 92.7 Å². The number of fused-ring (bicyclic) bond motifs is 1. The Labute approximate surface area is 198 Å². The monoisotopic (exact) mass is 441 g/mol. The third-order valence-electron chi connectivity index (χ3n) is 6.78. The van der Waals surface area contributed by atoms with E-state index in [0.717, 1.165) is 13.0 Å². The zero-order valence-electron chi connectivity index (χ0n) is 20.2. The number of aryl methyl sites for hydroxylation is 1. The minimum Gasteiger partial charge on any atom is -0.465 e. The van der Waals surface area contributed by atoms with E-state index in [2.05, 4.69) is 111 Å². The van der Waals surface area contributed by atoms with Crippen molar-refractivity contribution in [2.75, 3.05) is 6.61 Å². The highest BCUT2D eigenvalue weighted by Crippen LogP contribution is 2.46. The van der Waals surface area contributed by atoms with Crippen LogP contribution in [0.5, 0.6) is 0 Å². The Morgan fingerprint density at radius 1 is 0.939 bits per heavy atom. The number of hydrogen-bond acceptors (Lipinski definition) is 3. The van der Waals surface area contributed by atoms with E-state index in [-0.39, 0.29) is 24.0 Å². The molecular weight excluding hydrogens is 406 g/mol. The Bertz CT molecular complexity index is 1060. The SMILES string of the molecule is Cc1cccc2c1C[C@@H](C(=O)OCC(C)C)[C@@H]2N(Cc1ccccc1)[C@H](C)c1ccccc1. The van der Waals surface area contributed by atoms with Crippen LogP contribution in [-0.2, 0) is 22.5 Å². The average molecular weight is 442 g/mol. The molecule has 172 valence electrons. The summed E-state index contributed by atoms with van der Waals surface area (Å²) in [6, 6.07) is 27.7. The molecule has 33 heavy (non-hydrogen) atoms. The first kappa shape index (κ1) is 23.3. The van der Waals surface area contributed by atoms with Gasteiger partial charge in [0.05, 0.1) is 12.5 Å². The fourth-order valence-corrected chi connectivity index (χ4v) is 5.00. The van der Waals surface area contributed by atoms with Crippen LogP contribution < -0.4 is 0 Å². The summed E-state index contributed by atoms with van der Waals surface area (Å²) in [4.78, 5) is 15.9. The van der Waals surface area contributed by atoms with Crippen molar-refractivity contribution >= 4 is 5.97 Å². The number of nitrogens with zero attached hydrogens (tertiary/aromatic N) is 1. The van der Waals surface area contributed by atoms with E-state index in [1.165, 1.54) is 27.8 Å². The van der Waals surface area contributed by atoms with E-state index >= 15 is 0 Å². The Morgan fingerprint density at radius 3 is 2.27 bits per heavy atom. The van der Waals surface area contributed by atoms with Crippen molar-refractivity contribution in [1.82, 2.24) is 4.90 Å². The normalized spacial score (nSPS) is 18.4. The number of carbonyl (C=O) groups is 1. The third kappa shape index (κ3) is 5.20. The smallest absolute Gasteiger partial charge is 0.311 e. The van der Waals surface area contributed by atoms with Gasteiger partial charge in [-0.2, -0.15) is 0 Å². The zero-order valence-corrected chi connectivity index (χ0v) is 20.2. The molecule has 0 amide bonds. The topological polar surface area (TPSA) is 29.5 Å². The second-order valence-corrected chi connectivity index (χ2v) is 9.67. The van der Waals surface area contributed by atoms with E-state index < -0.39 is 0 Å². The van der Waals surface area contributed by atoms with E-state index in [1.54, 1.807) is 0 Å². The summed E-state index contributed by atoms with van der Waals surface area (Å²) in [6.45, 7) is 9.80. The summed E-state index contributed by atoms with van der Waals surface area (Å²) in [6.07, 6.45) is 0.733. The molecule has 0 bridgehead atoms. The number of esters is 1. The molecule has 0 saturated carbocycles. The van der Waals surface area contributed by atoms with E-state index in [0.29, 0.717) is 12.5 Å². The van der Waals surface area contributed by atoms with Crippen LogP contribution in [0.4, 0.5) is 0 Å². The van der Waals surface area contributed by atoms with Crippen molar-refractivity contribution in [3.8, 4) is 0 Å². The van der Waals surface area contributed by atoms with Gasteiger partial charge in [-0.15, -0.1) is 0 Å². The molecular formula is C30H35NO2. The predicted molar refractivity (Wildman–Crippen MR) is 134 cm³/mol. The fraction of sp³-hybridized carbons (Fsp3) is 0.367. The van der Waals surface area contributed by atoms with E-state index in [4.69, 9.17) is 4.74 Å². The predicted octanol–water partition coefficient (Wildman–Crippen LogP) is 6.67. The van der Waals surface area contributed by atoms with Crippen LogP contribution in [0.1, 0.15) is 60.7 Å². The summed E-state index contributed by atoms with van der Waals surface area (Å²) < 4.78 is 5.81. The highest BCUT2D eigenvalue weighted by atomic mass is 16.5. The average Bonchev–Trinajstić information content (AvgIpc) is 3.22. The zero-order chi connectivity index (χ0) is 23.4. The van der Waals surface area contributed by atoms with Crippen molar-refractivity contribution < 1.29 is 9.53 Å².